The molecule has 0 amide bonds. The van der Waals surface area contributed by atoms with Gasteiger partial charge in [0.1, 0.15) is 23.0 Å². The monoisotopic (exact) mass is 436 g/mol. The van der Waals surface area contributed by atoms with Crippen molar-refractivity contribution in [3.63, 3.8) is 0 Å². The summed E-state index contributed by atoms with van der Waals surface area (Å²) >= 11 is 0. The Morgan fingerprint density at radius 2 is 0.613 bits per heavy atom. The van der Waals surface area contributed by atoms with E-state index < -0.39 is 9.84 Å². The molecule has 4 rings (SSSR count). The molecule has 0 saturated heterocycles. The zero-order valence-corrected chi connectivity index (χ0v) is 17.1. The van der Waals surface area contributed by atoms with Gasteiger partial charge in [-0.05, 0) is 83.9 Å². The first-order chi connectivity index (χ1) is 14.8. The molecule has 0 fully saturated rings. The Kier molecular flexibility index (Phi) is 6.47. The second-order valence-corrected chi connectivity index (χ2v) is 8.53. The predicted molar refractivity (Wildman–Crippen MR) is 117 cm³/mol. The minimum atomic E-state index is -3.59. The van der Waals surface area contributed by atoms with Crippen LogP contribution in [0, 0.1) is 0 Å². The molecule has 4 aromatic rings. The molecule has 0 unspecified atom stereocenters. The van der Waals surface area contributed by atoms with E-state index >= 15 is 0 Å². The van der Waals surface area contributed by atoms with Crippen molar-refractivity contribution in [2.75, 3.05) is 0 Å². The van der Waals surface area contributed by atoms with Crippen molar-refractivity contribution in [1.29, 1.82) is 0 Å². The summed E-state index contributed by atoms with van der Waals surface area (Å²) in [6.07, 6.45) is 0. The largest absolute Gasteiger partial charge is 0.508 e. The summed E-state index contributed by atoms with van der Waals surface area (Å²) in [5.74, 6) is 0.532. The van der Waals surface area contributed by atoms with Crippen molar-refractivity contribution in [3.05, 3.63) is 97.1 Å². The van der Waals surface area contributed by atoms with Gasteiger partial charge in [-0.1, -0.05) is 24.3 Å². The average Bonchev–Trinajstić information content (AvgIpc) is 2.76. The summed E-state index contributed by atoms with van der Waals surface area (Å²) in [6, 6.07) is 24.5. The number of benzene rings is 4. The number of sulfone groups is 1. The number of rotatable bonds is 3. The van der Waals surface area contributed by atoms with Crippen molar-refractivity contribution in [3.8, 4) is 34.1 Å². The van der Waals surface area contributed by atoms with Gasteiger partial charge in [0, 0.05) is 0 Å². The van der Waals surface area contributed by atoms with Crippen LogP contribution in [0.4, 0.5) is 0 Å². The molecular formula is C24H20O6S. The number of phenols is 4. The molecule has 4 N–H and O–H groups in total. The fraction of sp³-hybridized carbons (Fsp3) is 0. The van der Waals surface area contributed by atoms with Gasteiger partial charge in [0.05, 0.1) is 9.79 Å². The first-order valence-electron chi connectivity index (χ1n) is 9.17. The average molecular weight is 436 g/mol. The van der Waals surface area contributed by atoms with Crippen LogP contribution in [0.25, 0.3) is 11.1 Å². The van der Waals surface area contributed by atoms with Gasteiger partial charge in [-0.3, -0.25) is 0 Å². The number of hydrogen-bond acceptors (Lipinski definition) is 6. The molecule has 0 aliphatic rings. The van der Waals surface area contributed by atoms with E-state index in [9.17, 15) is 8.42 Å². The van der Waals surface area contributed by atoms with Gasteiger partial charge < -0.3 is 20.4 Å². The maximum absolute atomic E-state index is 12.1. The summed E-state index contributed by atoms with van der Waals surface area (Å²) in [5.41, 5.74) is 2.03. The van der Waals surface area contributed by atoms with Gasteiger partial charge in [0.2, 0.25) is 9.84 Å². The molecule has 0 aliphatic heterocycles. The highest BCUT2D eigenvalue weighted by Gasteiger charge is 2.17. The van der Waals surface area contributed by atoms with Crippen LogP contribution < -0.4 is 0 Å². The van der Waals surface area contributed by atoms with Crippen molar-refractivity contribution in [1.82, 2.24) is 0 Å². The summed E-state index contributed by atoms with van der Waals surface area (Å²) in [5, 5.41) is 36.4. The fourth-order valence-corrected chi connectivity index (χ4v) is 3.96. The third-order valence-electron chi connectivity index (χ3n) is 4.36. The minimum Gasteiger partial charge on any atom is -0.508 e. The number of phenolic OH excluding ortho intramolecular Hbond substituents is 4. The van der Waals surface area contributed by atoms with Gasteiger partial charge in [-0.15, -0.1) is 0 Å². The first kappa shape index (κ1) is 21.7. The Hall–Kier alpha value is -3.97. The zero-order chi connectivity index (χ0) is 22.4. The molecule has 0 aromatic heterocycles. The molecule has 0 aliphatic carbocycles. The second-order valence-electron chi connectivity index (χ2n) is 6.58. The van der Waals surface area contributed by atoms with E-state index in [-0.39, 0.29) is 32.8 Å². The fourth-order valence-electron chi connectivity index (χ4n) is 2.69. The third kappa shape index (κ3) is 5.55. The van der Waals surface area contributed by atoms with E-state index in [4.69, 9.17) is 20.4 Å². The van der Waals surface area contributed by atoms with Crippen molar-refractivity contribution in [2.45, 2.75) is 9.79 Å². The first-order valence-corrected chi connectivity index (χ1v) is 10.7. The van der Waals surface area contributed by atoms with Crippen LogP contribution in [0.15, 0.2) is 107 Å². The normalized spacial score (nSPS) is 10.7. The van der Waals surface area contributed by atoms with E-state index in [2.05, 4.69) is 0 Å². The van der Waals surface area contributed by atoms with Crippen LogP contribution in [0.5, 0.6) is 23.0 Å². The zero-order valence-electron chi connectivity index (χ0n) is 16.3. The van der Waals surface area contributed by atoms with Crippen molar-refractivity contribution >= 4 is 9.84 Å². The van der Waals surface area contributed by atoms with Crippen LogP contribution in [0.1, 0.15) is 0 Å². The molecule has 0 heterocycles. The van der Waals surface area contributed by atoms with E-state index in [1.807, 2.05) is 24.3 Å². The molecule has 0 bridgehead atoms. The summed E-state index contributed by atoms with van der Waals surface area (Å²) in [6.45, 7) is 0. The van der Waals surface area contributed by atoms with Crippen LogP contribution in [-0.2, 0) is 9.84 Å². The van der Waals surface area contributed by atoms with E-state index in [1.165, 1.54) is 48.5 Å². The predicted octanol–water partition coefficient (Wildman–Crippen LogP) is 4.70. The highest BCUT2D eigenvalue weighted by atomic mass is 32.2. The third-order valence-corrected chi connectivity index (χ3v) is 6.15. The van der Waals surface area contributed by atoms with Crippen LogP contribution >= 0.6 is 0 Å². The lowest BCUT2D eigenvalue weighted by molar-refractivity contribution is 0.474. The van der Waals surface area contributed by atoms with Gasteiger partial charge in [0.25, 0.3) is 0 Å². The lowest BCUT2D eigenvalue weighted by atomic mass is 10.1. The van der Waals surface area contributed by atoms with Gasteiger partial charge >= 0.3 is 0 Å². The quantitative estimate of drug-likeness (QED) is 0.370. The highest BCUT2D eigenvalue weighted by Crippen LogP contribution is 2.24. The Bertz CT molecular complexity index is 1130. The molecule has 0 radical (unpaired) electrons. The Balaban J connectivity index is 0.000000179. The topological polar surface area (TPSA) is 115 Å². The lowest BCUT2D eigenvalue weighted by Gasteiger charge is -2.04. The number of aromatic hydroxyl groups is 4. The molecule has 7 heteroatoms. The molecular weight excluding hydrogens is 416 g/mol. The van der Waals surface area contributed by atoms with Gasteiger partial charge in [0.15, 0.2) is 0 Å². The van der Waals surface area contributed by atoms with Crippen LogP contribution in [0.2, 0.25) is 0 Å². The number of hydrogen-bond donors (Lipinski definition) is 4. The van der Waals surface area contributed by atoms with Crippen molar-refractivity contribution in [2.24, 2.45) is 0 Å². The standard InChI is InChI=1S/C12H10O4S.C12H10O2/c13-9-1-5-11(6-2-9)17(15,16)12-7-3-10(14)4-8-12;13-11-5-1-9(2-6-11)10-3-7-12(14)8-4-10/h1-8,13-14H;1-8,13-14H. The van der Waals surface area contributed by atoms with Crippen LogP contribution in [0.3, 0.4) is 0 Å². The van der Waals surface area contributed by atoms with Crippen molar-refractivity contribution < 1.29 is 28.8 Å². The molecule has 0 saturated carbocycles. The second kappa shape index (κ2) is 9.23. The SMILES string of the molecule is O=S(=O)(c1ccc(O)cc1)c1ccc(O)cc1.Oc1ccc(-c2ccc(O)cc2)cc1. The highest BCUT2D eigenvalue weighted by molar-refractivity contribution is 7.91. The molecule has 0 atom stereocenters. The Labute approximate surface area is 179 Å². The molecule has 31 heavy (non-hydrogen) atoms. The maximum atomic E-state index is 12.1. The Morgan fingerprint density at radius 1 is 0.387 bits per heavy atom. The lowest BCUT2D eigenvalue weighted by Crippen LogP contribution is -2.01. The molecule has 4 aromatic carbocycles. The molecule has 0 spiro atoms. The van der Waals surface area contributed by atoms with E-state index in [0.29, 0.717) is 0 Å². The summed E-state index contributed by atoms with van der Waals surface area (Å²) in [7, 11) is -3.59. The van der Waals surface area contributed by atoms with Gasteiger partial charge in [-0.25, -0.2) is 8.42 Å². The summed E-state index contributed by atoms with van der Waals surface area (Å²) < 4.78 is 24.2. The summed E-state index contributed by atoms with van der Waals surface area (Å²) in [4.78, 5) is 0.196. The minimum absolute atomic E-state index is 0.00894. The van der Waals surface area contributed by atoms with Crippen LogP contribution in [-0.4, -0.2) is 28.8 Å². The van der Waals surface area contributed by atoms with E-state index in [1.54, 1.807) is 24.3 Å². The molecule has 6 nitrogen and oxygen atoms in total. The Morgan fingerprint density at radius 3 is 0.871 bits per heavy atom. The molecule has 158 valence electrons. The smallest absolute Gasteiger partial charge is 0.206 e. The van der Waals surface area contributed by atoms with E-state index in [0.717, 1.165) is 11.1 Å². The maximum Gasteiger partial charge on any atom is 0.206 e. The van der Waals surface area contributed by atoms with Gasteiger partial charge in [-0.2, -0.15) is 0 Å².